The van der Waals surface area contributed by atoms with Crippen molar-refractivity contribution in [1.82, 2.24) is 10.1 Å². The lowest BCUT2D eigenvalue weighted by atomic mass is 10.2. The van der Waals surface area contributed by atoms with Gasteiger partial charge in [0.2, 0.25) is 0 Å². The predicted octanol–water partition coefficient (Wildman–Crippen LogP) is 5.48. The Morgan fingerprint density at radius 2 is 2.12 bits per heavy atom. The van der Waals surface area contributed by atoms with Crippen LogP contribution in [0.4, 0.5) is 5.82 Å². The van der Waals surface area contributed by atoms with Crippen molar-refractivity contribution >= 4 is 51.2 Å². The third kappa shape index (κ3) is 2.79. The van der Waals surface area contributed by atoms with Crippen LogP contribution >= 0.6 is 23.5 Å². The molecule has 4 rings (SSSR count). The first-order chi connectivity index (χ1) is 11.7. The Labute approximate surface area is 147 Å². The van der Waals surface area contributed by atoms with E-state index in [9.17, 15) is 0 Å². The number of halogens is 1. The average Bonchev–Trinajstić information content (AvgIpc) is 3.16. The van der Waals surface area contributed by atoms with E-state index in [0.717, 1.165) is 26.9 Å². The number of nitrogens with zero attached hydrogens (tertiary/aromatic N) is 1. The van der Waals surface area contributed by atoms with Crippen LogP contribution in [0.3, 0.4) is 0 Å². The minimum atomic E-state index is 0.616. The highest BCUT2D eigenvalue weighted by molar-refractivity contribution is 8.00. The predicted molar refractivity (Wildman–Crippen MR) is 98.0 cm³/mol. The van der Waals surface area contributed by atoms with Crippen molar-refractivity contribution in [3.05, 3.63) is 47.6 Å². The van der Waals surface area contributed by atoms with Crippen molar-refractivity contribution < 1.29 is 9.26 Å². The third-order valence-electron chi connectivity index (χ3n) is 3.62. The zero-order valence-electron chi connectivity index (χ0n) is 12.8. The van der Waals surface area contributed by atoms with Crippen molar-refractivity contribution in [2.45, 2.75) is 11.8 Å². The molecule has 0 aliphatic carbocycles. The van der Waals surface area contributed by atoms with Crippen LogP contribution < -0.4 is 9.46 Å². The molecule has 2 heterocycles. The summed E-state index contributed by atoms with van der Waals surface area (Å²) in [4.78, 5) is 4.27. The molecule has 5 nitrogen and oxygen atoms in total. The molecule has 2 aromatic heterocycles. The lowest BCUT2D eigenvalue weighted by Crippen LogP contribution is -1.90. The number of aromatic amines is 1. The summed E-state index contributed by atoms with van der Waals surface area (Å²) in [6.45, 7) is 2.56. The monoisotopic (exact) mass is 359 g/mol. The van der Waals surface area contributed by atoms with Gasteiger partial charge in [0.1, 0.15) is 5.75 Å². The number of benzene rings is 2. The van der Waals surface area contributed by atoms with Gasteiger partial charge in [0.25, 0.3) is 0 Å². The molecule has 0 amide bonds. The van der Waals surface area contributed by atoms with E-state index >= 15 is 0 Å². The van der Waals surface area contributed by atoms with Crippen molar-refractivity contribution in [2.24, 2.45) is 0 Å². The zero-order chi connectivity index (χ0) is 16.5. The van der Waals surface area contributed by atoms with Gasteiger partial charge in [0, 0.05) is 28.2 Å². The first-order valence-electron chi connectivity index (χ1n) is 7.46. The van der Waals surface area contributed by atoms with Crippen LogP contribution in [0.25, 0.3) is 21.9 Å². The molecule has 0 saturated carbocycles. The molecule has 2 N–H and O–H groups in total. The molecule has 0 atom stereocenters. The number of hydrogen-bond donors (Lipinski definition) is 2. The van der Waals surface area contributed by atoms with E-state index in [-0.39, 0.29) is 0 Å². The Balaban J connectivity index is 1.57. The van der Waals surface area contributed by atoms with Gasteiger partial charge in [-0.1, -0.05) is 22.8 Å². The number of H-pyrrole nitrogens is 1. The fourth-order valence-corrected chi connectivity index (χ4v) is 3.44. The van der Waals surface area contributed by atoms with Gasteiger partial charge in [-0.25, -0.2) is 0 Å². The highest BCUT2D eigenvalue weighted by Gasteiger charge is 2.11. The second-order valence-corrected chi connectivity index (χ2v) is 6.45. The fraction of sp³-hybridized carbons (Fsp3) is 0.118. The topological polar surface area (TPSA) is 63.1 Å². The lowest BCUT2D eigenvalue weighted by molar-refractivity contribution is 0.339. The van der Waals surface area contributed by atoms with Crippen molar-refractivity contribution in [2.75, 3.05) is 11.3 Å². The molecule has 4 aromatic rings. The summed E-state index contributed by atoms with van der Waals surface area (Å²) in [6.07, 6.45) is 1.94. The maximum Gasteiger partial charge on any atom is 0.187 e. The van der Waals surface area contributed by atoms with Gasteiger partial charge in [-0.2, -0.15) is 0 Å². The SMILES string of the molecule is CCOc1ccc2c(NSc3c[nH]c4cc(Cl)ccc34)noc2c1. The summed E-state index contributed by atoms with van der Waals surface area (Å²) in [5.74, 6) is 1.45. The quantitative estimate of drug-likeness (QED) is 0.462. The van der Waals surface area contributed by atoms with E-state index in [0.29, 0.717) is 23.0 Å². The normalized spacial score (nSPS) is 11.2. The second kappa shape index (κ2) is 6.30. The van der Waals surface area contributed by atoms with Crippen LogP contribution in [0.1, 0.15) is 6.92 Å². The lowest BCUT2D eigenvalue weighted by Gasteiger charge is -2.02. The highest BCUT2D eigenvalue weighted by Crippen LogP contribution is 2.33. The van der Waals surface area contributed by atoms with E-state index in [4.69, 9.17) is 20.9 Å². The summed E-state index contributed by atoms with van der Waals surface area (Å²) in [5.41, 5.74) is 1.69. The molecule has 24 heavy (non-hydrogen) atoms. The Morgan fingerprint density at radius 1 is 1.25 bits per heavy atom. The molecular formula is C17H14ClN3O2S. The van der Waals surface area contributed by atoms with E-state index in [1.54, 1.807) is 0 Å². The van der Waals surface area contributed by atoms with Crippen molar-refractivity contribution in [3.8, 4) is 5.75 Å². The maximum absolute atomic E-state index is 6.01. The summed E-state index contributed by atoms with van der Waals surface area (Å²) < 4.78 is 14.1. The van der Waals surface area contributed by atoms with Crippen molar-refractivity contribution in [1.29, 1.82) is 0 Å². The van der Waals surface area contributed by atoms with Gasteiger partial charge < -0.3 is 19.0 Å². The van der Waals surface area contributed by atoms with E-state index in [2.05, 4.69) is 14.9 Å². The molecule has 0 aliphatic heterocycles. The van der Waals surface area contributed by atoms with E-state index < -0.39 is 0 Å². The minimum Gasteiger partial charge on any atom is -0.494 e. The second-order valence-electron chi connectivity index (χ2n) is 5.17. The van der Waals surface area contributed by atoms with Gasteiger partial charge in [0.05, 0.1) is 16.9 Å². The van der Waals surface area contributed by atoms with Gasteiger partial charge in [-0.15, -0.1) is 0 Å². The van der Waals surface area contributed by atoms with Gasteiger partial charge in [0.15, 0.2) is 11.4 Å². The maximum atomic E-state index is 6.01. The summed E-state index contributed by atoms with van der Waals surface area (Å²) in [7, 11) is 0. The molecule has 122 valence electrons. The van der Waals surface area contributed by atoms with Gasteiger partial charge >= 0.3 is 0 Å². The molecule has 7 heteroatoms. The van der Waals surface area contributed by atoms with E-state index in [1.165, 1.54) is 11.9 Å². The molecule has 0 unspecified atom stereocenters. The first-order valence-corrected chi connectivity index (χ1v) is 8.66. The number of aromatic nitrogens is 2. The summed E-state index contributed by atoms with van der Waals surface area (Å²) in [5, 5.41) is 6.82. The van der Waals surface area contributed by atoms with Gasteiger partial charge in [-0.05, 0) is 43.1 Å². The first kappa shape index (κ1) is 15.2. The molecule has 0 aliphatic rings. The molecule has 0 radical (unpaired) electrons. The number of ether oxygens (including phenoxy) is 1. The van der Waals surface area contributed by atoms with Crippen LogP contribution in [0.5, 0.6) is 5.75 Å². The summed E-state index contributed by atoms with van der Waals surface area (Å²) >= 11 is 7.48. The third-order valence-corrected chi connectivity index (χ3v) is 4.71. The van der Waals surface area contributed by atoms with Crippen LogP contribution in [0.15, 0.2) is 52.0 Å². The van der Waals surface area contributed by atoms with E-state index in [1.807, 2.05) is 49.5 Å². The Hall–Kier alpha value is -2.31. The zero-order valence-corrected chi connectivity index (χ0v) is 14.4. The number of fused-ring (bicyclic) bond motifs is 2. The Bertz CT molecular complexity index is 1010. The minimum absolute atomic E-state index is 0.616. The Kier molecular flexibility index (Phi) is 4.00. The highest BCUT2D eigenvalue weighted by atomic mass is 35.5. The summed E-state index contributed by atoms with van der Waals surface area (Å²) in [6, 6.07) is 11.5. The smallest absolute Gasteiger partial charge is 0.187 e. The van der Waals surface area contributed by atoms with Crippen LogP contribution in [-0.2, 0) is 0 Å². The largest absolute Gasteiger partial charge is 0.494 e. The van der Waals surface area contributed by atoms with Gasteiger partial charge in [-0.3, -0.25) is 0 Å². The standard InChI is InChI=1S/C17H14ClN3O2S/c1-2-22-11-4-6-13-15(8-11)23-20-17(13)21-24-16-9-19-14-7-10(18)3-5-12(14)16/h3-9,19H,2H2,1H3,(H,20,21). The molecule has 0 fully saturated rings. The molecule has 0 bridgehead atoms. The fourth-order valence-electron chi connectivity index (χ4n) is 2.51. The van der Waals surface area contributed by atoms with Crippen LogP contribution in [0, 0.1) is 0 Å². The number of rotatable bonds is 5. The Morgan fingerprint density at radius 3 is 3.00 bits per heavy atom. The van der Waals surface area contributed by atoms with Crippen molar-refractivity contribution in [3.63, 3.8) is 0 Å². The number of anilines is 1. The molecular weight excluding hydrogens is 346 g/mol. The van der Waals surface area contributed by atoms with Crippen LogP contribution in [-0.4, -0.2) is 16.7 Å². The molecule has 0 spiro atoms. The average molecular weight is 360 g/mol. The molecule has 0 saturated heterocycles. The number of hydrogen-bond acceptors (Lipinski definition) is 5. The van der Waals surface area contributed by atoms with Crippen LogP contribution in [0.2, 0.25) is 5.02 Å². The molecule has 2 aromatic carbocycles. The number of nitrogens with one attached hydrogen (secondary N) is 2.